The number of ether oxygens (including phenoxy) is 2. The number of carbonyl (C=O) groups excluding carboxylic acids is 2. The quantitative estimate of drug-likeness (QED) is 0.698. The van der Waals surface area contributed by atoms with Crippen LogP contribution in [0.1, 0.15) is 18.9 Å². The third-order valence-corrected chi connectivity index (χ3v) is 7.66. The lowest BCUT2D eigenvalue weighted by Gasteiger charge is -2.21. The van der Waals surface area contributed by atoms with E-state index in [2.05, 4.69) is 10.6 Å². The van der Waals surface area contributed by atoms with Crippen molar-refractivity contribution in [2.75, 3.05) is 17.9 Å². The predicted octanol–water partition coefficient (Wildman–Crippen LogP) is 2.33. The minimum absolute atomic E-state index is 0.0836. The Bertz CT molecular complexity index is 1120. The van der Waals surface area contributed by atoms with Crippen LogP contribution >= 0.6 is 11.8 Å². The number of nitrogens with one attached hydrogen (secondary N) is 2. The van der Waals surface area contributed by atoms with Gasteiger partial charge in [0.25, 0.3) is 0 Å². The highest BCUT2D eigenvalue weighted by molar-refractivity contribution is 8.01. The molecule has 158 valence electrons. The molecule has 0 saturated heterocycles. The van der Waals surface area contributed by atoms with Crippen LogP contribution < -0.4 is 20.1 Å². The molecule has 30 heavy (non-hydrogen) atoms. The van der Waals surface area contributed by atoms with E-state index in [1.165, 1.54) is 23.9 Å². The van der Waals surface area contributed by atoms with E-state index in [0.717, 1.165) is 10.5 Å². The molecule has 2 aliphatic rings. The van der Waals surface area contributed by atoms with Crippen LogP contribution in [0.15, 0.2) is 46.2 Å². The van der Waals surface area contributed by atoms with Crippen molar-refractivity contribution in [3.63, 3.8) is 0 Å². The normalized spacial score (nSPS) is 17.2. The Kier molecular flexibility index (Phi) is 5.61. The van der Waals surface area contributed by atoms with Gasteiger partial charge in [0.15, 0.2) is 21.3 Å². The fourth-order valence-electron chi connectivity index (χ4n) is 3.07. The van der Waals surface area contributed by atoms with Crippen molar-refractivity contribution in [2.45, 2.75) is 34.9 Å². The number of anilines is 1. The van der Waals surface area contributed by atoms with Gasteiger partial charge in [0.1, 0.15) is 0 Å². The lowest BCUT2D eigenvalue weighted by Crippen LogP contribution is -2.27. The van der Waals surface area contributed by atoms with Gasteiger partial charge in [-0.25, -0.2) is 8.42 Å². The molecule has 10 heteroatoms. The monoisotopic (exact) mass is 448 g/mol. The van der Waals surface area contributed by atoms with E-state index in [4.69, 9.17) is 9.47 Å². The van der Waals surface area contributed by atoms with Gasteiger partial charge in [0, 0.05) is 17.9 Å². The van der Waals surface area contributed by atoms with Crippen molar-refractivity contribution in [2.24, 2.45) is 0 Å². The van der Waals surface area contributed by atoms with E-state index in [0.29, 0.717) is 17.2 Å². The zero-order valence-electron chi connectivity index (χ0n) is 16.1. The minimum atomic E-state index is -3.67. The summed E-state index contributed by atoms with van der Waals surface area (Å²) in [5.74, 6) is 0.425. The maximum absolute atomic E-state index is 12.6. The summed E-state index contributed by atoms with van der Waals surface area (Å²) >= 11 is 1.38. The molecule has 0 bridgehead atoms. The molecule has 2 aliphatic heterocycles. The number of hydrogen-bond acceptors (Lipinski definition) is 7. The van der Waals surface area contributed by atoms with Crippen molar-refractivity contribution in [3.05, 3.63) is 42.0 Å². The van der Waals surface area contributed by atoms with Crippen molar-refractivity contribution < 1.29 is 27.5 Å². The van der Waals surface area contributed by atoms with Gasteiger partial charge in [-0.1, -0.05) is 6.07 Å². The van der Waals surface area contributed by atoms with Gasteiger partial charge < -0.3 is 20.1 Å². The van der Waals surface area contributed by atoms with Gasteiger partial charge in [0.05, 0.1) is 21.6 Å². The van der Waals surface area contributed by atoms with Gasteiger partial charge >= 0.3 is 0 Å². The largest absolute Gasteiger partial charge is 0.454 e. The molecule has 8 nitrogen and oxygen atoms in total. The van der Waals surface area contributed by atoms with Crippen LogP contribution in [-0.2, 0) is 26.0 Å². The summed E-state index contributed by atoms with van der Waals surface area (Å²) in [6.07, 6.45) is -0.165. The topological polar surface area (TPSA) is 111 Å². The van der Waals surface area contributed by atoms with E-state index >= 15 is 0 Å². The zero-order chi connectivity index (χ0) is 21.3. The third kappa shape index (κ3) is 4.39. The average molecular weight is 449 g/mol. The highest BCUT2D eigenvalue weighted by atomic mass is 32.2. The Morgan fingerprint density at radius 1 is 1.20 bits per heavy atom. The number of hydrogen-bond donors (Lipinski definition) is 2. The molecule has 2 N–H and O–H groups in total. The van der Waals surface area contributed by atoms with Crippen LogP contribution in [0.4, 0.5) is 5.69 Å². The molecule has 1 unspecified atom stereocenters. The molecule has 2 amide bonds. The summed E-state index contributed by atoms with van der Waals surface area (Å²) < 4.78 is 35.8. The third-order valence-electron chi connectivity index (χ3n) is 4.77. The molecule has 0 radical (unpaired) electrons. The highest BCUT2D eigenvalue weighted by Gasteiger charge is 2.25. The summed E-state index contributed by atoms with van der Waals surface area (Å²) in [5, 5.41) is 5.21. The van der Waals surface area contributed by atoms with Crippen LogP contribution in [0.2, 0.25) is 0 Å². The second-order valence-electron chi connectivity index (χ2n) is 6.94. The van der Waals surface area contributed by atoms with Crippen LogP contribution in [0.3, 0.4) is 0 Å². The fraction of sp³-hybridized carbons (Fsp3) is 0.300. The molecule has 0 spiro atoms. The molecule has 0 saturated carbocycles. The minimum Gasteiger partial charge on any atom is -0.454 e. The van der Waals surface area contributed by atoms with Crippen molar-refractivity contribution in [3.8, 4) is 11.5 Å². The van der Waals surface area contributed by atoms with E-state index in [1.807, 2.05) is 6.07 Å². The molecular weight excluding hydrogens is 428 g/mol. The van der Waals surface area contributed by atoms with E-state index in [-0.39, 0.29) is 47.5 Å². The maximum Gasteiger partial charge on any atom is 0.237 e. The van der Waals surface area contributed by atoms with E-state index in [1.54, 1.807) is 25.1 Å². The van der Waals surface area contributed by atoms with E-state index < -0.39 is 9.84 Å². The first-order chi connectivity index (χ1) is 14.3. The molecule has 1 atom stereocenters. The SMILES string of the molecule is CC1Sc2ccc(S(=O)(=O)CCC(=O)NCc3ccc4c(c3)OCO4)cc2NC1=O. The summed E-state index contributed by atoms with van der Waals surface area (Å²) in [6.45, 7) is 2.22. The van der Waals surface area contributed by atoms with Gasteiger partial charge in [0.2, 0.25) is 18.6 Å². The second-order valence-corrected chi connectivity index (χ2v) is 10.4. The molecule has 2 heterocycles. The fourth-order valence-corrected chi connectivity index (χ4v) is 5.26. The molecule has 0 fully saturated rings. The van der Waals surface area contributed by atoms with Crippen LogP contribution in [0, 0.1) is 0 Å². The number of rotatable bonds is 6. The molecule has 4 rings (SSSR count). The van der Waals surface area contributed by atoms with Gasteiger partial charge in [-0.3, -0.25) is 9.59 Å². The number of carbonyl (C=O) groups is 2. The smallest absolute Gasteiger partial charge is 0.237 e. The summed E-state index contributed by atoms with van der Waals surface area (Å²) in [7, 11) is -3.67. The van der Waals surface area contributed by atoms with Crippen molar-refractivity contribution in [1.29, 1.82) is 0 Å². The van der Waals surface area contributed by atoms with Crippen LogP contribution in [-0.4, -0.2) is 38.0 Å². The van der Waals surface area contributed by atoms with Gasteiger partial charge in [-0.2, -0.15) is 0 Å². The first kappa shape index (κ1) is 20.5. The van der Waals surface area contributed by atoms with Gasteiger partial charge in [-0.05, 0) is 42.8 Å². The Morgan fingerprint density at radius 3 is 2.83 bits per heavy atom. The first-order valence-electron chi connectivity index (χ1n) is 9.31. The average Bonchev–Trinajstić information content (AvgIpc) is 3.19. The molecule has 0 aromatic heterocycles. The highest BCUT2D eigenvalue weighted by Crippen LogP contribution is 2.37. The van der Waals surface area contributed by atoms with E-state index in [9.17, 15) is 18.0 Å². The number of amides is 2. The molecule has 0 aliphatic carbocycles. The Labute approximate surface area is 178 Å². The summed E-state index contributed by atoms with van der Waals surface area (Å²) in [4.78, 5) is 24.9. The molecule has 2 aromatic carbocycles. The Balaban J connectivity index is 1.34. The maximum atomic E-state index is 12.6. The zero-order valence-corrected chi connectivity index (χ0v) is 17.8. The Hall–Kier alpha value is -2.72. The van der Waals surface area contributed by atoms with Crippen molar-refractivity contribution >= 4 is 39.1 Å². The van der Waals surface area contributed by atoms with Crippen molar-refractivity contribution in [1.82, 2.24) is 5.32 Å². The molecular formula is C20H20N2O6S2. The number of fused-ring (bicyclic) bond motifs is 2. The predicted molar refractivity (Wildman–Crippen MR) is 111 cm³/mol. The first-order valence-corrected chi connectivity index (χ1v) is 11.8. The Morgan fingerprint density at radius 2 is 2.00 bits per heavy atom. The summed E-state index contributed by atoms with van der Waals surface area (Å²) in [6, 6.07) is 10.00. The number of benzene rings is 2. The van der Waals surface area contributed by atoms with Crippen LogP contribution in [0.25, 0.3) is 0 Å². The van der Waals surface area contributed by atoms with Crippen LogP contribution in [0.5, 0.6) is 11.5 Å². The lowest BCUT2D eigenvalue weighted by atomic mass is 10.2. The number of sulfone groups is 1. The lowest BCUT2D eigenvalue weighted by molar-refractivity contribution is -0.121. The molecule has 2 aromatic rings. The van der Waals surface area contributed by atoms with Gasteiger partial charge in [-0.15, -0.1) is 11.8 Å². The second kappa shape index (κ2) is 8.19. The number of thioether (sulfide) groups is 1. The standard InChI is InChI=1S/C20H20N2O6S2/c1-12-20(24)22-15-9-14(3-5-18(15)29-12)30(25,26)7-6-19(23)21-10-13-2-4-16-17(8-13)28-11-27-16/h2-5,8-9,12H,6-7,10-11H2,1H3,(H,21,23)(H,22,24). The summed E-state index contributed by atoms with van der Waals surface area (Å²) in [5.41, 5.74) is 1.31.